The largest absolute Gasteiger partial charge is 0.279 e. The molecule has 0 aliphatic heterocycles. The summed E-state index contributed by atoms with van der Waals surface area (Å²) in [7, 11) is 0. The molecule has 0 saturated heterocycles. The van der Waals surface area contributed by atoms with Crippen LogP contribution in [0.15, 0.2) is 82.6 Å². The molecule has 4 rings (SSSR count). The third kappa shape index (κ3) is 4.56. The third-order valence-corrected chi connectivity index (χ3v) is 7.38. The topological polar surface area (TPSA) is 33.2 Å². The van der Waals surface area contributed by atoms with Crippen LogP contribution < -0.4 is 4.90 Å². The molecule has 152 valence electrons. The number of aromatic nitrogens is 1. The Kier molecular flexibility index (Phi) is 6.77. The maximum atomic E-state index is 13.7. The Labute approximate surface area is 189 Å². The van der Waals surface area contributed by atoms with Crippen LogP contribution in [0.3, 0.4) is 0 Å². The number of amides is 1. The van der Waals surface area contributed by atoms with Gasteiger partial charge in [0, 0.05) is 9.79 Å². The first-order chi connectivity index (χ1) is 14.7. The van der Waals surface area contributed by atoms with E-state index in [1.807, 2.05) is 65.6 Å². The lowest BCUT2D eigenvalue weighted by molar-refractivity contribution is 0.0982. The Balaban J connectivity index is 1.78. The number of nitrogens with zero attached hydrogens (tertiary/aromatic N) is 2. The molecule has 30 heavy (non-hydrogen) atoms. The minimum atomic E-state index is -0.0143. The number of thioether (sulfide) groups is 2. The van der Waals surface area contributed by atoms with Gasteiger partial charge in [-0.05, 0) is 47.9 Å². The van der Waals surface area contributed by atoms with Crippen molar-refractivity contribution >= 4 is 56.1 Å². The first-order valence-corrected chi connectivity index (χ1v) is 12.7. The van der Waals surface area contributed by atoms with Crippen molar-refractivity contribution in [3.8, 4) is 0 Å². The number of anilines is 1. The maximum absolute atomic E-state index is 13.7. The second-order valence-electron chi connectivity index (χ2n) is 6.64. The quantitative estimate of drug-likeness (QED) is 0.284. The molecule has 0 aliphatic carbocycles. The highest BCUT2D eigenvalue weighted by atomic mass is 32.2. The molecule has 0 saturated carbocycles. The van der Waals surface area contributed by atoms with Crippen LogP contribution in [-0.4, -0.2) is 22.9 Å². The monoisotopic (exact) mass is 450 g/mol. The predicted octanol–water partition coefficient (Wildman–Crippen LogP) is 6.98. The summed E-state index contributed by atoms with van der Waals surface area (Å²) in [4.78, 5) is 22.6. The molecule has 1 amide bonds. The van der Waals surface area contributed by atoms with Gasteiger partial charge >= 0.3 is 0 Å². The van der Waals surface area contributed by atoms with Crippen molar-refractivity contribution in [3.63, 3.8) is 0 Å². The molecule has 4 aromatic rings. The van der Waals surface area contributed by atoms with Gasteiger partial charge in [-0.3, -0.25) is 9.69 Å². The third-order valence-electron chi connectivity index (χ3n) is 4.66. The molecule has 6 heteroatoms. The second-order valence-corrected chi connectivity index (χ2v) is 9.83. The van der Waals surface area contributed by atoms with E-state index < -0.39 is 0 Å². The van der Waals surface area contributed by atoms with E-state index in [1.54, 1.807) is 34.9 Å². The molecule has 0 bridgehead atoms. The van der Waals surface area contributed by atoms with Crippen molar-refractivity contribution in [1.82, 2.24) is 4.98 Å². The van der Waals surface area contributed by atoms with Gasteiger partial charge in [-0.2, -0.15) is 0 Å². The van der Waals surface area contributed by atoms with Gasteiger partial charge < -0.3 is 0 Å². The van der Waals surface area contributed by atoms with Crippen molar-refractivity contribution in [2.24, 2.45) is 0 Å². The van der Waals surface area contributed by atoms with Gasteiger partial charge in [0.15, 0.2) is 5.13 Å². The van der Waals surface area contributed by atoms with E-state index in [2.05, 4.69) is 25.3 Å². The van der Waals surface area contributed by atoms with Gasteiger partial charge in [-0.1, -0.05) is 60.7 Å². The van der Waals surface area contributed by atoms with Crippen molar-refractivity contribution in [1.29, 1.82) is 0 Å². The molecular formula is C24H22N2OS3. The fourth-order valence-corrected chi connectivity index (χ4v) is 5.51. The summed E-state index contributed by atoms with van der Waals surface area (Å²) in [6, 6.07) is 24.2. The molecule has 0 unspecified atom stereocenters. The summed E-state index contributed by atoms with van der Waals surface area (Å²) >= 11 is 4.97. The predicted molar refractivity (Wildman–Crippen MR) is 131 cm³/mol. The smallest absolute Gasteiger partial charge is 0.261 e. The Bertz CT molecular complexity index is 1160. The number of thiazole rings is 1. The minimum absolute atomic E-state index is 0.0143. The van der Waals surface area contributed by atoms with Crippen LogP contribution in [0.25, 0.3) is 10.2 Å². The molecule has 0 radical (unpaired) electrons. The lowest BCUT2D eigenvalue weighted by Crippen LogP contribution is -2.30. The van der Waals surface area contributed by atoms with Crippen molar-refractivity contribution in [2.45, 2.75) is 23.3 Å². The molecule has 3 nitrogen and oxygen atoms in total. The Hall–Kier alpha value is -2.28. The molecule has 1 heterocycles. The van der Waals surface area contributed by atoms with E-state index in [-0.39, 0.29) is 5.91 Å². The maximum Gasteiger partial charge on any atom is 0.261 e. The normalized spacial score (nSPS) is 11.0. The zero-order valence-electron chi connectivity index (χ0n) is 16.9. The highest BCUT2D eigenvalue weighted by molar-refractivity contribution is 7.99. The first kappa shape index (κ1) is 21.0. The van der Waals surface area contributed by atoms with Crippen LogP contribution in [0.2, 0.25) is 0 Å². The Morgan fingerprint density at radius 2 is 1.80 bits per heavy atom. The van der Waals surface area contributed by atoms with Gasteiger partial charge in [-0.25, -0.2) is 4.98 Å². The zero-order chi connectivity index (χ0) is 20.9. The molecule has 0 fully saturated rings. The zero-order valence-corrected chi connectivity index (χ0v) is 19.3. The van der Waals surface area contributed by atoms with Crippen molar-refractivity contribution in [2.75, 3.05) is 16.9 Å². The van der Waals surface area contributed by atoms with Crippen LogP contribution in [0.4, 0.5) is 5.13 Å². The molecule has 0 aliphatic rings. The van der Waals surface area contributed by atoms with Crippen LogP contribution in [-0.2, 0) is 6.54 Å². The molecule has 3 aromatic carbocycles. The van der Waals surface area contributed by atoms with Gasteiger partial charge in [0.25, 0.3) is 5.91 Å². The van der Waals surface area contributed by atoms with Crippen LogP contribution in [0, 0.1) is 0 Å². The first-order valence-electron chi connectivity index (χ1n) is 9.71. The second kappa shape index (κ2) is 9.69. The lowest BCUT2D eigenvalue weighted by atomic mass is 10.1. The Morgan fingerprint density at radius 1 is 1.03 bits per heavy atom. The molecule has 0 atom stereocenters. The molecule has 1 aromatic heterocycles. The minimum Gasteiger partial charge on any atom is -0.279 e. The van der Waals surface area contributed by atoms with Gasteiger partial charge in [0.1, 0.15) is 0 Å². The lowest BCUT2D eigenvalue weighted by Gasteiger charge is -2.21. The molecular weight excluding hydrogens is 428 g/mol. The van der Waals surface area contributed by atoms with Gasteiger partial charge in [0.05, 0.1) is 22.3 Å². The van der Waals surface area contributed by atoms with Crippen molar-refractivity contribution < 1.29 is 4.79 Å². The summed E-state index contributed by atoms with van der Waals surface area (Å²) in [5.41, 5.74) is 2.73. The van der Waals surface area contributed by atoms with Crippen LogP contribution in [0.1, 0.15) is 22.8 Å². The number of fused-ring (bicyclic) bond motifs is 1. The van der Waals surface area contributed by atoms with E-state index in [9.17, 15) is 4.79 Å². The van der Waals surface area contributed by atoms with Crippen LogP contribution in [0.5, 0.6) is 0 Å². The van der Waals surface area contributed by atoms with E-state index >= 15 is 0 Å². The molecule has 0 N–H and O–H groups in total. The average Bonchev–Trinajstić information content (AvgIpc) is 3.21. The summed E-state index contributed by atoms with van der Waals surface area (Å²) in [6.07, 6.45) is 2.07. The average molecular weight is 451 g/mol. The van der Waals surface area contributed by atoms with E-state index in [0.29, 0.717) is 6.54 Å². The van der Waals surface area contributed by atoms with Crippen molar-refractivity contribution in [3.05, 3.63) is 83.9 Å². The number of rotatable bonds is 7. The molecule has 0 spiro atoms. The number of hydrogen-bond acceptors (Lipinski definition) is 5. The highest BCUT2D eigenvalue weighted by Crippen LogP contribution is 2.34. The van der Waals surface area contributed by atoms with Crippen LogP contribution >= 0.6 is 34.9 Å². The standard InChI is InChI=1S/C24H22N2OS3/c1-3-29-21-12-8-7-11-19(21)23(27)26(16-17-9-5-4-6-10-17)24-25-20-14-13-18(28-2)15-22(20)30-24/h4-15H,3,16H2,1-2H3. The fourth-order valence-electron chi connectivity index (χ4n) is 3.20. The number of benzene rings is 3. The van der Waals surface area contributed by atoms with E-state index in [4.69, 9.17) is 4.98 Å². The Morgan fingerprint density at radius 3 is 2.57 bits per heavy atom. The van der Waals surface area contributed by atoms with Gasteiger partial charge in [0.2, 0.25) is 0 Å². The summed E-state index contributed by atoms with van der Waals surface area (Å²) in [5, 5.41) is 0.730. The number of hydrogen-bond donors (Lipinski definition) is 0. The highest BCUT2D eigenvalue weighted by Gasteiger charge is 2.24. The summed E-state index contributed by atoms with van der Waals surface area (Å²) in [6.45, 7) is 2.59. The van der Waals surface area contributed by atoms with E-state index in [1.165, 1.54) is 4.90 Å². The summed E-state index contributed by atoms with van der Waals surface area (Å²) in [5.74, 6) is 0.904. The van der Waals surface area contributed by atoms with Gasteiger partial charge in [-0.15, -0.1) is 23.5 Å². The summed E-state index contributed by atoms with van der Waals surface area (Å²) < 4.78 is 1.10. The number of carbonyl (C=O) groups is 1. The number of carbonyl (C=O) groups excluding carboxylic acids is 1. The SMILES string of the molecule is CCSc1ccccc1C(=O)N(Cc1ccccc1)c1nc2ccc(SC)cc2s1. The fraction of sp³-hybridized carbons (Fsp3) is 0.167. The van der Waals surface area contributed by atoms with E-state index in [0.717, 1.165) is 37.1 Å².